The molecule has 1 fully saturated rings. The van der Waals surface area contributed by atoms with Gasteiger partial charge in [0.15, 0.2) is 0 Å². The van der Waals surface area contributed by atoms with E-state index in [1.165, 1.54) is 6.42 Å². The van der Waals surface area contributed by atoms with Crippen molar-refractivity contribution in [2.75, 3.05) is 0 Å². The van der Waals surface area contributed by atoms with Gasteiger partial charge in [-0.15, -0.1) is 12.4 Å². The molecule has 0 spiro atoms. The Morgan fingerprint density at radius 3 is 2.56 bits per heavy atom. The third-order valence-corrected chi connectivity index (χ3v) is 4.46. The van der Waals surface area contributed by atoms with Crippen LogP contribution in [0.25, 0.3) is 0 Å². The van der Waals surface area contributed by atoms with Crippen LogP contribution in [0.3, 0.4) is 0 Å². The zero-order valence-electron chi connectivity index (χ0n) is 8.62. The normalized spacial score (nSPS) is 17.4. The second-order valence-electron chi connectivity index (χ2n) is 4.02. The maximum Gasteiger partial charge on any atom is 0.136 e. The van der Waals surface area contributed by atoms with Gasteiger partial charge in [0.2, 0.25) is 0 Å². The number of halogens is 3. The lowest BCUT2D eigenvalue weighted by molar-refractivity contribution is 0.260. The standard InChI is InChI=1S/C11H13BrClNO.ClH/c12-9-8(13)5-4-7(11(9)15)10(14)6-2-1-3-6;/h4-6,10,15H,1-3,14H2;1H/t10-;/m0./s1. The molecule has 0 aromatic heterocycles. The molecule has 0 aliphatic heterocycles. The Hall–Kier alpha value is 0.0400. The maximum absolute atomic E-state index is 9.91. The molecule has 0 heterocycles. The summed E-state index contributed by atoms with van der Waals surface area (Å²) in [4.78, 5) is 0. The summed E-state index contributed by atoms with van der Waals surface area (Å²) in [6.07, 6.45) is 3.55. The molecule has 3 N–H and O–H groups in total. The van der Waals surface area contributed by atoms with Crippen LogP contribution in [-0.2, 0) is 0 Å². The fourth-order valence-electron chi connectivity index (χ4n) is 1.88. The Morgan fingerprint density at radius 2 is 2.06 bits per heavy atom. The number of rotatable bonds is 2. The van der Waals surface area contributed by atoms with Crippen molar-refractivity contribution in [1.29, 1.82) is 0 Å². The molecule has 2 rings (SSSR count). The van der Waals surface area contributed by atoms with Crippen molar-refractivity contribution in [1.82, 2.24) is 0 Å². The molecular formula is C11H14BrCl2NO. The van der Waals surface area contributed by atoms with Gasteiger partial charge in [-0.05, 0) is 40.8 Å². The molecule has 1 aromatic rings. The van der Waals surface area contributed by atoms with E-state index in [9.17, 15) is 5.11 Å². The van der Waals surface area contributed by atoms with Gasteiger partial charge in [-0.1, -0.05) is 24.1 Å². The third-order valence-electron chi connectivity index (χ3n) is 3.12. The Balaban J connectivity index is 0.00000128. The van der Waals surface area contributed by atoms with Crippen molar-refractivity contribution in [3.8, 4) is 5.75 Å². The molecule has 90 valence electrons. The quantitative estimate of drug-likeness (QED) is 0.861. The lowest BCUT2D eigenvalue weighted by Crippen LogP contribution is -2.26. The Kier molecular flexibility index (Phi) is 4.92. The molecule has 16 heavy (non-hydrogen) atoms. The average molecular weight is 327 g/mol. The lowest BCUT2D eigenvalue weighted by atomic mass is 9.77. The van der Waals surface area contributed by atoms with E-state index in [2.05, 4.69) is 15.9 Å². The molecule has 5 heteroatoms. The van der Waals surface area contributed by atoms with E-state index in [1.54, 1.807) is 6.07 Å². The van der Waals surface area contributed by atoms with Crippen molar-refractivity contribution >= 4 is 39.9 Å². The van der Waals surface area contributed by atoms with E-state index in [4.69, 9.17) is 17.3 Å². The van der Waals surface area contributed by atoms with Gasteiger partial charge in [-0.2, -0.15) is 0 Å². The maximum atomic E-state index is 9.91. The summed E-state index contributed by atoms with van der Waals surface area (Å²) in [5.41, 5.74) is 6.88. The average Bonchev–Trinajstić information content (AvgIpc) is 2.11. The van der Waals surface area contributed by atoms with Crippen LogP contribution >= 0.6 is 39.9 Å². The fraction of sp³-hybridized carbons (Fsp3) is 0.455. The van der Waals surface area contributed by atoms with Crippen molar-refractivity contribution in [3.63, 3.8) is 0 Å². The molecule has 2 nitrogen and oxygen atoms in total. The number of aromatic hydroxyl groups is 1. The van der Waals surface area contributed by atoms with Gasteiger partial charge >= 0.3 is 0 Å². The summed E-state index contributed by atoms with van der Waals surface area (Å²) < 4.78 is 0.538. The smallest absolute Gasteiger partial charge is 0.136 e. The van der Waals surface area contributed by atoms with Gasteiger partial charge in [0.1, 0.15) is 5.75 Å². The van der Waals surface area contributed by atoms with Gasteiger partial charge in [0.05, 0.1) is 9.50 Å². The van der Waals surface area contributed by atoms with E-state index in [0.717, 1.165) is 18.4 Å². The third kappa shape index (κ3) is 2.48. The van der Waals surface area contributed by atoms with E-state index in [0.29, 0.717) is 15.4 Å². The zero-order valence-corrected chi connectivity index (χ0v) is 11.8. The molecule has 0 bridgehead atoms. The van der Waals surface area contributed by atoms with Gasteiger partial charge in [-0.25, -0.2) is 0 Å². The SMILES string of the molecule is Cl.N[C@H](c1ccc(Cl)c(Br)c1O)C1CCC1. The first-order valence-corrected chi connectivity index (χ1v) is 6.21. The van der Waals surface area contributed by atoms with Crippen molar-refractivity contribution in [3.05, 3.63) is 27.2 Å². The minimum Gasteiger partial charge on any atom is -0.506 e. The minimum atomic E-state index is -0.0766. The monoisotopic (exact) mass is 325 g/mol. The highest BCUT2D eigenvalue weighted by molar-refractivity contribution is 9.10. The Bertz CT molecular complexity index is 382. The van der Waals surface area contributed by atoms with Crippen LogP contribution in [-0.4, -0.2) is 5.11 Å². The van der Waals surface area contributed by atoms with Crippen LogP contribution in [0.2, 0.25) is 5.02 Å². The predicted molar refractivity (Wildman–Crippen MR) is 72.3 cm³/mol. The van der Waals surface area contributed by atoms with E-state index in [-0.39, 0.29) is 24.2 Å². The van der Waals surface area contributed by atoms with Crippen molar-refractivity contribution in [2.24, 2.45) is 11.7 Å². The summed E-state index contributed by atoms with van der Waals surface area (Å²) in [5, 5.41) is 10.4. The largest absolute Gasteiger partial charge is 0.506 e. The van der Waals surface area contributed by atoms with Gasteiger partial charge in [-0.3, -0.25) is 0 Å². The highest BCUT2D eigenvalue weighted by Gasteiger charge is 2.28. The lowest BCUT2D eigenvalue weighted by Gasteiger charge is -2.31. The predicted octanol–water partition coefficient (Wildman–Crippen LogP) is 4.03. The molecule has 1 aliphatic carbocycles. The first-order valence-electron chi connectivity index (χ1n) is 5.03. The number of phenolic OH excluding ortho intramolecular Hbond substituents is 1. The summed E-state index contributed by atoms with van der Waals surface area (Å²) in [7, 11) is 0. The Morgan fingerprint density at radius 1 is 1.44 bits per heavy atom. The van der Waals surface area contributed by atoms with E-state index < -0.39 is 0 Å². The molecule has 0 unspecified atom stereocenters. The minimum absolute atomic E-state index is 0. The summed E-state index contributed by atoms with van der Waals surface area (Å²) >= 11 is 9.12. The molecule has 1 aliphatic rings. The zero-order chi connectivity index (χ0) is 11.0. The van der Waals surface area contributed by atoms with Crippen LogP contribution in [0.1, 0.15) is 30.9 Å². The second kappa shape index (κ2) is 5.58. The van der Waals surface area contributed by atoms with Crippen LogP contribution < -0.4 is 5.73 Å². The van der Waals surface area contributed by atoms with Crippen molar-refractivity contribution in [2.45, 2.75) is 25.3 Å². The van der Waals surface area contributed by atoms with Crippen LogP contribution in [0.15, 0.2) is 16.6 Å². The van der Waals surface area contributed by atoms with Crippen LogP contribution in [0.4, 0.5) is 0 Å². The van der Waals surface area contributed by atoms with Crippen LogP contribution in [0.5, 0.6) is 5.75 Å². The molecule has 0 amide bonds. The molecule has 1 aromatic carbocycles. The highest BCUT2D eigenvalue weighted by Crippen LogP contribution is 2.42. The molecular weight excluding hydrogens is 313 g/mol. The summed E-state index contributed by atoms with van der Waals surface area (Å²) in [5.74, 6) is 0.686. The molecule has 0 saturated heterocycles. The Labute approximate surface area is 115 Å². The molecule has 1 atom stereocenters. The van der Waals surface area contributed by atoms with Gasteiger partial charge in [0.25, 0.3) is 0 Å². The van der Waals surface area contributed by atoms with E-state index in [1.807, 2.05) is 6.07 Å². The van der Waals surface area contributed by atoms with Gasteiger partial charge < -0.3 is 10.8 Å². The summed E-state index contributed by atoms with van der Waals surface area (Å²) in [6, 6.07) is 3.50. The number of nitrogens with two attached hydrogens (primary N) is 1. The molecule has 0 radical (unpaired) electrons. The summed E-state index contributed by atoms with van der Waals surface area (Å²) in [6.45, 7) is 0. The van der Waals surface area contributed by atoms with Crippen LogP contribution in [0, 0.1) is 5.92 Å². The van der Waals surface area contributed by atoms with E-state index >= 15 is 0 Å². The number of hydrogen-bond acceptors (Lipinski definition) is 2. The number of hydrogen-bond donors (Lipinski definition) is 2. The first-order chi connectivity index (χ1) is 7.11. The van der Waals surface area contributed by atoms with Gasteiger partial charge in [0, 0.05) is 11.6 Å². The van der Waals surface area contributed by atoms with Crippen molar-refractivity contribution < 1.29 is 5.11 Å². The number of benzene rings is 1. The molecule has 1 saturated carbocycles. The fourth-order valence-corrected chi connectivity index (χ4v) is 2.39. The number of phenols is 1. The second-order valence-corrected chi connectivity index (χ2v) is 5.22. The first kappa shape index (κ1) is 14.1. The highest BCUT2D eigenvalue weighted by atomic mass is 79.9. The topological polar surface area (TPSA) is 46.2 Å².